The van der Waals surface area contributed by atoms with Gasteiger partial charge in [0.05, 0.1) is 4.92 Å². The number of nitro groups is 1. The van der Waals surface area contributed by atoms with Gasteiger partial charge in [0.25, 0.3) is 0 Å². The third-order valence-corrected chi connectivity index (χ3v) is 3.56. The Balaban J connectivity index is 1.96. The van der Waals surface area contributed by atoms with Crippen molar-refractivity contribution in [1.82, 2.24) is 9.97 Å². The van der Waals surface area contributed by atoms with Gasteiger partial charge >= 0.3 is 5.69 Å². The fourth-order valence-corrected chi connectivity index (χ4v) is 2.33. The lowest BCUT2D eigenvalue weighted by molar-refractivity contribution is -0.385. The molecule has 0 radical (unpaired) electrons. The van der Waals surface area contributed by atoms with Crippen LogP contribution in [0.2, 0.25) is 0 Å². The topological polar surface area (TPSA) is 78.2 Å². The Bertz CT molecular complexity index is 717. The first-order valence-corrected chi connectivity index (χ1v) is 7.29. The first kappa shape index (κ1) is 13.9. The molecule has 1 aliphatic rings. The summed E-state index contributed by atoms with van der Waals surface area (Å²) in [5, 5.41) is 11.1. The Hall–Kier alpha value is -2.02. The van der Waals surface area contributed by atoms with Gasteiger partial charge in [0, 0.05) is 18.1 Å². The SMILES string of the molecule is Cc1ccc([N+](=O)[O-])c(Oc2cc(Br)nc(C3CC3)n2)c1. The van der Waals surface area contributed by atoms with E-state index in [0.717, 1.165) is 24.2 Å². The summed E-state index contributed by atoms with van der Waals surface area (Å²) in [5.74, 6) is 1.59. The van der Waals surface area contributed by atoms with E-state index in [9.17, 15) is 10.1 Å². The van der Waals surface area contributed by atoms with Crippen LogP contribution in [0.25, 0.3) is 0 Å². The van der Waals surface area contributed by atoms with Crippen LogP contribution in [0.4, 0.5) is 5.69 Å². The van der Waals surface area contributed by atoms with E-state index in [1.54, 1.807) is 18.2 Å². The normalized spacial score (nSPS) is 14.0. The zero-order chi connectivity index (χ0) is 15.0. The molecular formula is C14H12BrN3O3. The van der Waals surface area contributed by atoms with Gasteiger partial charge in [-0.05, 0) is 47.3 Å². The molecule has 0 amide bonds. The van der Waals surface area contributed by atoms with Crippen LogP contribution in [-0.2, 0) is 0 Å². The van der Waals surface area contributed by atoms with Crippen molar-refractivity contribution in [2.75, 3.05) is 0 Å². The molecule has 0 spiro atoms. The largest absolute Gasteiger partial charge is 0.432 e. The second-order valence-electron chi connectivity index (χ2n) is 4.99. The molecule has 1 fully saturated rings. The summed E-state index contributed by atoms with van der Waals surface area (Å²) in [4.78, 5) is 19.2. The first-order valence-electron chi connectivity index (χ1n) is 6.50. The van der Waals surface area contributed by atoms with Crippen LogP contribution in [0.1, 0.15) is 30.1 Å². The minimum atomic E-state index is -0.465. The van der Waals surface area contributed by atoms with Crippen molar-refractivity contribution in [3.8, 4) is 11.6 Å². The molecule has 7 heteroatoms. The highest BCUT2D eigenvalue weighted by Crippen LogP contribution is 2.40. The number of hydrogen-bond acceptors (Lipinski definition) is 5. The van der Waals surface area contributed by atoms with E-state index in [-0.39, 0.29) is 11.4 Å². The van der Waals surface area contributed by atoms with E-state index in [2.05, 4.69) is 25.9 Å². The molecule has 6 nitrogen and oxygen atoms in total. The predicted octanol–water partition coefficient (Wildman–Crippen LogP) is 4.13. The van der Waals surface area contributed by atoms with Crippen LogP contribution >= 0.6 is 15.9 Å². The first-order chi connectivity index (χ1) is 10.0. The third kappa shape index (κ3) is 3.18. The molecular weight excluding hydrogens is 338 g/mol. The maximum atomic E-state index is 11.1. The molecule has 0 saturated heterocycles. The maximum absolute atomic E-state index is 11.1. The lowest BCUT2D eigenvalue weighted by Gasteiger charge is -2.08. The summed E-state index contributed by atoms with van der Waals surface area (Å²) in [6.07, 6.45) is 2.14. The Labute approximate surface area is 129 Å². The highest BCUT2D eigenvalue weighted by atomic mass is 79.9. The van der Waals surface area contributed by atoms with Crippen molar-refractivity contribution < 1.29 is 9.66 Å². The molecule has 0 atom stereocenters. The fourth-order valence-electron chi connectivity index (χ4n) is 1.96. The molecule has 1 aromatic heterocycles. The van der Waals surface area contributed by atoms with E-state index in [0.29, 0.717) is 16.4 Å². The van der Waals surface area contributed by atoms with E-state index < -0.39 is 4.92 Å². The molecule has 1 heterocycles. The number of benzene rings is 1. The monoisotopic (exact) mass is 349 g/mol. The van der Waals surface area contributed by atoms with Crippen LogP contribution < -0.4 is 4.74 Å². The second kappa shape index (κ2) is 5.40. The van der Waals surface area contributed by atoms with Gasteiger partial charge in [-0.25, -0.2) is 4.98 Å². The van der Waals surface area contributed by atoms with Gasteiger partial charge in [-0.2, -0.15) is 4.98 Å². The number of rotatable bonds is 4. The molecule has 0 N–H and O–H groups in total. The van der Waals surface area contributed by atoms with Gasteiger partial charge in [0.2, 0.25) is 11.6 Å². The third-order valence-electron chi connectivity index (χ3n) is 3.16. The summed E-state index contributed by atoms with van der Waals surface area (Å²) >= 11 is 3.32. The number of ether oxygens (including phenoxy) is 1. The summed E-state index contributed by atoms with van der Waals surface area (Å²) in [7, 11) is 0. The molecule has 1 aliphatic carbocycles. The minimum absolute atomic E-state index is 0.0803. The average Bonchev–Trinajstić information content (AvgIpc) is 3.21. The summed E-state index contributed by atoms with van der Waals surface area (Å²) < 4.78 is 6.24. The van der Waals surface area contributed by atoms with Gasteiger partial charge in [-0.1, -0.05) is 6.07 Å². The number of aryl methyl sites for hydroxylation is 1. The summed E-state index contributed by atoms with van der Waals surface area (Å²) in [5.41, 5.74) is 0.800. The van der Waals surface area contributed by atoms with Crippen molar-refractivity contribution >= 4 is 21.6 Å². The Kier molecular flexibility index (Phi) is 3.59. The molecule has 2 aromatic rings. The Morgan fingerprint density at radius 2 is 2.10 bits per heavy atom. The van der Waals surface area contributed by atoms with Gasteiger partial charge in [-0.3, -0.25) is 10.1 Å². The van der Waals surface area contributed by atoms with Gasteiger partial charge in [-0.15, -0.1) is 0 Å². The van der Waals surface area contributed by atoms with Crippen LogP contribution in [0.15, 0.2) is 28.9 Å². The molecule has 1 saturated carbocycles. The van der Waals surface area contributed by atoms with Crippen molar-refractivity contribution in [2.24, 2.45) is 0 Å². The summed E-state index contributed by atoms with van der Waals surface area (Å²) in [6.45, 7) is 1.85. The average molecular weight is 350 g/mol. The number of hydrogen-bond donors (Lipinski definition) is 0. The zero-order valence-corrected chi connectivity index (χ0v) is 12.8. The number of halogens is 1. The number of nitro benzene ring substituents is 1. The molecule has 0 bridgehead atoms. The predicted molar refractivity (Wildman–Crippen MR) is 79.6 cm³/mol. The highest BCUT2D eigenvalue weighted by Gasteiger charge is 2.27. The highest BCUT2D eigenvalue weighted by molar-refractivity contribution is 9.10. The Morgan fingerprint density at radius 3 is 2.76 bits per heavy atom. The van der Waals surface area contributed by atoms with Gasteiger partial charge in [0.15, 0.2) is 0 Å². The van der Waals surface area contributed by atoms with Crippen LogP contribution in [0.5, 0.6) is 11.6 Å². The van der Waals surface area contributed by atoms with Crippen LogP contribution in [0, 0.1) is 17.0 Å². The van der Waals surface area contributed by atoms with Gasteiger partial charge < -0.3 is 4.74 Å². The van der Waals surface area contributed by atoms with E-state index >= 15 is 0 Å². The quantitative estimate of drug-likeness (QED) is 0.471. The molecule has 0 unspecified atom stereocenters. The van der Waals surface area contributed by atoms with Crippen LogP contribution in [0.3, 0.4) is 0 Å². The zero-order valence-electron chi connectivity index (χ0n) is 11.2. The molecule has 3 rings (SSSR count). The minimum Gasteiger partial charge on any atom is -0.432 e. The van der Waals surface area contributed by atoms with Crippen molar-refractivity contribution in [2.45, 2.75) is 25.7 Å². The number of aromatic nitrogens is 2. The van der Waals surface area contributed by atoms with Gasteiger partial charge in [0.1, 0.15) is 10.4 Å². The smallest absolute Gasteiger partial charge is 0.311 e. The lowest BCUT2D eigenvalue weighted by atomic mass is 10.2. The molecule has 108 valence electrons. The van der Waals surface area contributed by atoms with Crippen molar-refractivity contribution in [1.29, 1.82) is 0 Å². The number of nitrogens with zero attached hydrogens (tertiary/aromatic N) is 3. The standard InChI is InChI=1S/C14H12BrN3O3/c1-8-2-5-10(18(19)20)11(6-8)21-13-7-12(15)16-14(17-13)9-3-4-9/h2,5-7,9H,3-4H2,1H3. The molecule has 0 aliphatic heterocycles. The molecule has 1 aromatic carbocycles. The van der Waals surface area contributed by atoms with E-state index in [1.807, 2.05) is 6.92 Å². The molecule has 21 heavy (non-hydrogen) atoms. The fraction of sp³-hybridized carbons (Fsp3) is 0.286. The van der Waals surface area contributed by atoms with E-state index in [1.165, 1.54) is 6.07 Å². The second-order valence-corrected chi connectivity index (χ2v) is 5.80. The Morgan fingerprint density at radius 1 is 1.33 bits per heavy atom. The van der Waals surface area contributed by atoms with E-state index in [4.69, 9.17) is 4.74 Å². The van der Waals surface area contributed by atoms with Crippen LogP contribution in [-0.4, -0.2) is 14.9 Å². The maximum Gasteiger partial charge on any atom is 0.311 e. The summed E-state index contributed by atoms with van der Waals surface area (Å²) in [6, 6.07) is 6.35. The van der Waals surface area contributed by atoms with Crippen molar-refractivity contribution in [3.05, 3.63) is 50.4 Å². The van der Waals surface area contributed by atoms with Crippen molar-refractivity contribution in [3.63, 3.8) is 0 Å². The lowest BCUT2D eigenvalue weighted by Crippen LogP contribution is -1.99.